The van der Waals surface area contributed by atoms with Crippen LogP contribution in [-0.2, 0) is 4.79 Å². The molecule has 0 bridgehead atoms. The van der Waals surface area contributed by atoms with Crippen LogP contribution in [0.5, 0.6) is 5.75 Å². The van der Waals surface area contributed by atoms with Crippen molar-refractivity contribution in [3.8, 4) is 5.75 Å². The highest BCUT2D eigenvalue weighted by Crippen LogP contribution is 2.34. The van der Waals surface area contributed by atoms with E-state index >= 15 is 0 Å². The Hall–Kier alpha value is -2.15. The summed E-state index contributed by atoms with van der Waals surface area (Å²) in [6, 6.07) is 3.88. The van der Waals surface area contributed by atoms with Gasteiger partial charge in [-0.1, -0.05) is 25.3 Å². The topological polar surface area (TPSA) is 118 Å². The third-order valence-electron chi connectivity index (χ3n) is 3.84. The zero-order valence-electron chi connectivity index (χ0n) is 11.7. The molecule has 1 fully saturated rings. The van der Waals surface area contributed by atoms with E-state index in [1.54, 1.807) is 0 Å². The average molecular weight is 293 g/mol. The molecule has 1 aliphatic carbocycles. The van der Waals surface area contributed by atoms with Gasteiger partial charge in [0, 0.05) is 18.0 Å². The van der Waals surface area contributed by atoms with Crippen LogP contribution < -0.4 is 11.1 Å². The van der Waals surface area contributed by atoms with Gasteiger partial charge < -0.3 is 16.2 Å². The van der Waals surface area contributed by atoms with E-state index in [0.717, 1.165) is 32.1 Å². The number of phenols is 1. The first-order chi connectivity index (χ1) is 9.91. The second-order valence-corrected chi connectivity index (χ2v) is 5.58. The lowest BCUT2D eigenvalue weighted by Crippen LogP contribution is -2.44. The largest absolute Gasteiger partial charge is 0.505 e. The lowest BCUT2D eigenvalue weighted by molar-refractivity contribution is -0.384. The Labute approximate surface area is 122 Å². The highest BCUT2D eigenvalue weighted by Gasteiger charge is 2.31. The molecule has 1 aromatic carbocycles. The van der Waals surface area contributed by atoms with Crippen LogP contribution in [0.15, 0.2) is 18.2 Å². The van der Waals surface area contributed by atoms with E-state index in [1.165, 1.54) is 18.2 Å². The van der Waals surface area contributed by atoms with Crippen molar-refractivity contribution in [2.24, 2.45) is 5.73 Å². The highest BCUT2D eigenvalue weighted by molar-refractivity contribution is 5.95. The third kappa shape index (κ3) is 3.69. The molecule has 0 heterocycles. The Morgan fingerprint density at radius 1 is 1.38 bits per heavy atom. The van der Waals surface area contributed by atoms with Crippen LogP contribution in [0, 0.1) is 10.1 Å². The van der Waals surface area contributed by atoms with E-state index in [-0.39, 0.29) is 23.5 Å². The first-order valence-corrected chi connectivity index (χ1v) is 6.96. The molecule has 21 heavy (non-hydrogen) atoms. The minimum atomic E-state index is -0.645. The Morgan fingerprint density at radius 3 is 2.67 bits per heavy atom. The number of phenolic OH excluding ortho intramolecular Hbond substituents is 1. The van der Waals surface area contributed by atoms with Gasteiger partial charge in [-0.2, -0.15) is 0 Å². The fraction of sp³-hybridized carbons (Fsp3) is 0.500. The van der Waals surface area contributed by atoms with Crippen molar-refractivity contribution in [1.82, 2.24) is 0 Å². The number of carbonyl (C=O) groups is 1. The summed E-state index contributed by atoms with van der Waals surface area (Å²) in [4.78, 5) is 22.4. The lowest BCUT2D eigenvalue weighted by atomic mass is 9.80. The number of hydrogen-bond donors (Lipinski definition) is 3. The number of nitrogens with zero attached hydrogens (tertiary/aromatic N) is 1. The number of carbonyl (C=O) groups excluding carboxylic acids is 1. The molecule has 0 aromatic heterocycles. The first-order valence-electron chi connectivity index (χ1n) is 6.96. The molecule has 7 heteroatoms. The smallest absolute Gasteiger partial charge is 0.296 e. The van der Waals surface area contributed by atoms with Crippen molar-refractivity contribution in [2.75, 3.05) is 5.32 Å². The highest BCUT2D eigenvalue weighted by atomic mass is 16.6. The summed E-state index contributed by atoms with van der Waals surface area (Å²) < 4.78 is 0. The molecule has 114 valence electrons. The van der Waals surface area contributed by atoms with Crippen molar-refractivity contribution in [3.05, 3.63) is 28.3 Å². The molecule has 1 saturated carbocycles. The van der Waals surface area contributed by atoms with Crippen molar-refractivity contribution in [1.29, 1.82) is 0 Å². The molecule has 0 unspecified atom stereocenters. The van der Waals surface area contributed by atoms with Gasteiger partial charge in [0.05, 0.1) is 4.92 Å². The number of rotatable bonds is 4. The number of para-hydroxylation sites is 1. The average Bonchev–Trinajstić information content (AvgIpc) is 2.41. The van der Waals surface area contributed by atoms with Gasteiger partial charge >= 0.3 is 0 Å². The normalized spacial score (nSPS) is 17.2. The van der Waals surface area contributed by atoms with Gasteiger partial charge in [0.1, 0.15) is 5.75 Å². The predicted octanol–water partition coefficient (Wildman–Crippen LogP) is 2.29. The number of hydrogen-bond acceptors (Lipinski definition) is 5. The number of amides is 1. The van der Waals surface area contributed by atoms with Gasteiger partial charge in [0.25, 0.3) is 5.69 Å². The summed E-state index contributed by atoms with van der Waals surface area (Å²) in [6.45, 7) is 0. The Balaban J connectivity index is 2.11. The molecule has 2 rings (SSSR count). The number of nitrogens with two attached hydrogens (primary N) is 1. The quantitative estimate of drug-likeness (QED) is 0.447. The minimum absolute atomic E-state index is 0.0957. The molecule has 1 aromatic rings. The van der Waals surface area contributed by atoms with E-state index in [9.17, 15) is 20.0 Å². The van der Waals surface area contributed by atoms with Crippen LogP contribution in [-0.4, -0.2) is 21.5 Å². The van der Waals surface area contributed by atoms with Gasteiger partial charge in [-0.15, -0.1) is 0 Å². The summed E-state index contributed by atoms with van der Waals surface area (Å²) in [6.07, 6.45) is 4.72. The maximum Gasteiger partial charge on any atom is 0.296 e. The Bertz CT molecular complexity index is 553. The van der Waals surface area contributed by atoms with Crippen LogP contribution in [0.3, 0.4) is 0 Å². The van der Waals surface area contributed by atoms with Gasteiger partial charge in [0.15, 0.2) is 5.69 Å². The third-order valence-corrected chi connectivity index (χ3v) is 3.84. The van der Waals surface area contributed by atoms with Crippen molar-refractivity contribution in [2.45, 2.75) is 44.1 Å². The van der Waals surface area contributed by atoms with E-state index in [4.69, 9.17) is 5.73 Å². The van der Waals surface area contributed by atoms with Gasteiger partial charge in [0.2, 0.25) is 5.91 Å². The minimum Gasteiger partial charge on any atom is -0.505 e. The first kappa shape index (κ1) is 15.2. The van der Waals surface area contributed by atoms with Crippen LogP contribution in [0.2, 0.25) is 0 Å². The number of nitro benzene ring substituents is 1. The second kappa shape index (κ2) is 6.09. The standard InChI is InChI=1S/C14H19N3O4/c15-14(7-2-1-3-8-14)9-12(19)16-13-10(17(20)21)5-4-6-11(13)18/h4-6,18H,1-3,7-9,15H2,(H,16,19). The lowest BCUT2D eigenvalue weighted by Gasteiger charge is -2.32. The van der Waals surface area contributed by atoms with Crippen LogP contribution in [0.4, 0.5) is 11.4 Å². The van der Waals surface area contributed by atoms with Crippen molar-refractivity contribution < 1.29 is 14.8 Å². The molecule has 0 spiro atoms. The fourth-order valence-corrected chi connectivity index (χ4v) is 2.74. The molecule has 0 aliphatic heterocycles. The van der Waals surface area contributed by atoms with Crippen molar-refractivity contribution >= 4 is 17.3 Å². The van der Waals surface area contributed by atoms with E-state index in [1.807, 2.05) is 0 Å². The molecule has 7 nitrogen and oxygen atoms in total. The molecule has 0 radical (unpaired) electrons. The number of benzene rings is 1. The Morgan fingerprint density at radius 2 is 2.05 bits per heavy atom. The van der Waals surface area contributed by atoms with Crippen LogP contribution >= 0.6 is 0 Å². The van der Waals surface area contributed by atoms with Gasteiger partial charge in [-0.3, -0.25) is 14.9 Å². The van der Waals surface area contributed by atoms with Crippen LogP contribution in [0.25, 0.3) is 0 Å². The fourth-order valence-electron chi connectivity index (χ4n) is 2.74. The zero-order valence-corrected chi connectivity index (χ0v) is 11.7. The van der Waals surface area contributed by atoms with Gasteiger partial charge in [-0.25, -0.2) is 0 Å². The monoisotopic (exact) mass is 293 g/mol. The number of anilines is 1. The summed E-state index contributed by atoms with van der Waals surface area (Å²) in [5.74, 6) is -0.740. The van der Waals surface area contributed by atoms with E-state index in [0.29, 0.717) is 0 Å². The number of nitrogens with one attached hydrogen (secondary N) is 1. The molecule has 1 amide bonds. The second-order valence-electron chi connectivity index (χ2n) is 5.58. The zero-order chi connectivity index (χ0) is 15.5. The molecule has 0 atom stereocenters. The summed E-state index contributed by atoms with van der Waals surface area (Å²) in [5, 5.41) is 23.1. The molecule has 4 N–H and O–H groups in total. The van der Waals surface area contributed by atoms with E-state index < -0.39 is 16.4 Å². The van der Waals surface area contributed by atoms with E-state index in [2.05, 4.69) is 5.32 Å². The Kier molecular flexibility index (Phi) is 4.42. The SMILES string of the molecule is NC1(CC(=O)Nc2c(O)cccc2[N+](=O)[O-])CCCCC1. The summed E-state index contributed by atoms with van der Waals surface area (Å²) >= 11 is 0. The summed E-state index contributed by atoms with van der Waals surface area (Å²) in [7, 11) is 0. The molecule has 1 aliphatic rings. The number of aromatic hydroxyl groups is 1. The van der Waals surface area contributed by atoms with Gasteiger partial charge in [-0.05, 0) is 18.9 Å². The van der Waals surface area contributed by atoms with Crippen LogP contribution in [0.1, 0.15) is 38.5 Å². The maximum atomic E-state index is 12.1. The molecular weight excluding hydrogens is 274 g/mol. The number of nitro groups is 1. The maximum absolute atomic E-state index is 12.1. The predicted molar refractivity (Wildman–Crippen MR) is 78.0 cm³/mol. The van der Waals surface area contributed by atoms with Crippen molar-refractivity contribution in [3.63, 3.8) is 0 Å². The molecular formula is C14H19N3O4. The summed E-state index contributed by atoms with van der Waals surface area (Å²) in [5.41, 5.74) is 5.13. The molecule has 0 saturated heterocycles.